The van der Waals surface area contributed by atoms with Gasteiger partial charge in [-0.25, -0.2) is 12.8 Å². The molecule has 0 fully saturated rings. The Morgan fingerprint density at radius 1 is 1.13 bits per heavy atom. The van der Waals surface area contributed by atoms with E-state index in [4.69, 9.17) is 9.47 Å². The molecule has 5 nitrogen and oxygen atoms in total. The highest BCUT2D eigenvalue weighted by molar-refractivity contribution is 7.92. The molecule has 124 valence electrons. The molecule has 0 saturated heterocycles. The Labute approximate surface area is 135 Å². The molecule has 0 amide bonds. The molecule has 0 aliphatic heterocycles. The highest BCUT2D eigenvalue weighted by atomic mass is 32.2. The number of hydrogen-bond donors (Lipinski definition) is 1. The largest absolute Gasteiger partial charge is 0.495 e. The Balaban J connectivity index is 2.35. The SMILES string of the molecule is CCOc1ccc(NS(=O)(=O)c2cc(C)ccc2OC)cc1F. The third kappa shape index (κ3) is 3.92. The first-order valence-electron chi connectivity index (χ1n) is 6.97. The molecule has 0 aliphatic carbocycles. The Bertz CT molecular complexity index is 806. The van der Waals surface area contributed by atoms with Gasteiger partial charge in [-0.15, -0.1) is 0 Å². The zero-order valence-corrected chi connectivity index (χ0v) is 13.9. The molecular weight excluding hydrogens is 321 g/mol. The quantitative estimate of drug-likeness (QED) is 0.877. The predicted octanol–water partition coefficient (Wildman–Crippen LogP) is 3.34. The van der Waals surface area contributed by atoms with Gasteiger partial charge >= 0.3 is 0 Å². The van der Waals surface area contributed by atoms with Crippen molar-refractivity contribution < 1.29 is 22.3 Å². The van der Waals surface area contributed by atoms with Crippen LogP contribution >= 0.6 is 0 Å². The Hall–Kier alpha value is -2.28. The van der Waals surface area contributed by atoms with Crippen LogP contribution in [0.1, 0.15) is 12.5 Å². The minimum absolute atomic E-state index is 0.00528. The van der Waals surface area contributed by atoms with Gasteiger partial charge in [0.15, 0.2) is 11.6 Å². The molecule has 2 rings (SSSR count). The molecule has 0 aromatic heterocycles. The van der Waals surface area contributed by atoms with Crippen LogP contribution in [0.3, 0.4) is 0 Å². The van der Waals surface area contributed by atoms with E-state index in [1.807, 2.05) is 0 Å². The number of anilines is 1. The van der Waals surface area contributed by atoms with Crippen LogP contribution in [-0.2, 0) is 10.0 Å². The summed E-state index contributed by atoms with van der Waals surface area (Å²) in [5.74, 6) is -0.346. The Morgan fingerprint density at radius 2 is 1.83 bits per heavy atom. The van der Waals surface area contributed by atoms with Gasteiger partial charge in [-0.3, -0.25) is 4.72 Å². The van der Waals surface area contributed by atoms with Crippen molar-refractivity contribution in [3.05, 3.63) is 47.8 Å². The number of sulfonamides is 1. The average molecular weight is 339 g/mol. The van der Waals surface area contributed by atoms with Crippen LogP contribution in [0.15, 0.2) is 41.3 Å². The molecule has 0 saturated carbocycles. The Morgan fingerprint density at radius 3 is 2.43 bits per heavy atom. The van der Waals surface area contributed by atoms with Gasteiger partial charge in [0, 0.05) is 6.07 Å². The molecule has 2 aromatic carbocycles. The maximum absolute atomic E-state index is 13.8. The van der Waals surface area contributed by atoms with E-state index in [1.54, 1.807) is 26.0 Å². The van der Waals surface area contributed by atoms with Crippen molar-refractivity contribution in [3.63, 3.8) is 0 Å². The van der Waals surface area contributed by atoms with Crippen molar-refractivity contribution in [2.75, 3.05) is 18.4 Å². The zero-order valence-electron chi connectivity index (χ0n) is 13.1. The van der Waals surface area contributed by atoms with Crippen molar-refractivity contribution in [3.8, 4) is 11.5 Å². The molecule has 0 unspecified atom stereocenters. The summed E-state index contributed by atoms with van der Waals surface area (Å²) in [5.41, 5.74) is 0.874. The summed E-state index contributed by atoms with van der Waals surface area (Å²) in [6.45, 7) is 3.83. The van der Waals surface area contributed by atoms with E-state index in [2.05, 4.69) is 4.72 Å². The molecule has 2 aromatic rings. The first-order valence-corrected chi connectivity index (χ1v) is 8.45. The number of hydrogen-bond acceptors (Lipinski definition) is 4. The fourth-order valence-corrected chi connectivity index (χ4v) is 3.35. The first kappa shape index (κ1) is 17.1. The van der Waals surface area contributed by atoms with Crippen LogP contribution in [0.25, 0.3) is 0 Å². The Kier molecular flexibility index (Phi) is 5.10. The molecule has 0 atom stereocenters. The van der Waals surface area contributed by atoms with Crippen molar-refractivity contribution in [2.24, 2.45) is 0 Å². The number of halogens is 1. The van der Waals surface area contributed by atoms with Crippen molar-refractivity contribution in [2.45, 2.75) is 18.7 Å². The van der Waals surface area contributed by atoms with E-state index in [0.29, 0.717) is 6.61 Å². The standard InChI is InChI=1S/C16H18FNO4S/c1-4-22-14-8-6-12(10-13(14)17)18-23(19,20)16-9-11(2)5-7-15(16)21-3/h5-10,18H,4H2,1-3H3. The van der Waals surface area contributed by atoms with E-state index in [0.717, 1.165) is 11.6 Å². The maximum atomic E-state index is 13.8. The van der Waals surface area contributed by atoms with Crippen LogP contribution in [0, 0.1) is 12.7 Å². The molecule has 7 heteroatoms. The summed E-state index contributed by atoms with van der Waals surface area (Å²) < 4.78 is 51.4. The summed E-state index contributed by atoms with van der Waals surface area (Å²) in [6, 6.07) is 8.70. The zero-order chi connectivity index (χ0) is 17.0. The smallest absolute Gasteiger partial charge is 0.265 e. The monoisotopic (exact) mass is 339 g/mol. The second-order valence-electron chi connectivity index (χ2n) is 4.84. The molecule has 0 spiro atoms. The molecular formula is C16H18FNO4S. The summed E-state index contributed by atoms with van der Waals surface area (Å²) in [6.07, 6.45) is 0. The molecule has 1 N–H and O–H groups in total. The number of nitrogens with one attached hydrogen (secondary N) is 1. The van der Waals surface area contributed by atoms with E-state index in [9.17, 15) is 12.8 Å². The summed E-state index contributed by atoms with van der Waals surface area (Å²) >= 11 is 0. The van der Waals surface area contributed by atoms with Crippen LogP contribution in [-0.4, -0.2) is 22.1 Å². The van der Waals surface area contributed by atoms with Gasteiger partial charge in [0.2, 0.25) is 0 Å². The molecule has 0 heterocycles. The lowest BCUT2D eigenvalue weighted by Gasteiger charge is -2.13. The number of methoxy groups -OCH3 is 1. The fraction of sp³-hybridized carbons (Fsp3) is 0.250. The minimum atomic E-state index is -3.90. The van der Waals surface area contributed by atoms with Crippen LogP contribution in [0.5, 0.6) is 11.5 Å². The summed E-state index contributed by atoms with van der Waals surface area (Å²) in [5, 5.41) is 0. The average Bonchev–Trinajstić information content (AvgIpc) is 2.50. The molecule has 23 heavy (non-hydrogen) atoms. The van der Waals surface area contributed by atoms with E-state index in [1.165, 1.54) is 25.3 Å². The third-order valence-corrected chi connectivity index (χ3v) is 4.50. The van der Waals surface area contributed by atoms with Crippen molar-refractivity contribution in [1.82, 2.24) is 0 Å². The summed E-state index contributed by atoms with van der Waals surface area (Å²) in [4.78, 5) is -0.00528. The molecule has 0 aliphatic rings. The highest BCUT2D eigenvalue weighted by Crippen LogP contribution is 2.28. The fourth-order valence-electron chi connectivity index (χ4n) is 2.04. The number of ether oxygens (including phenoxy) is 2. The second kappa shape index (κ2) is 6.87. The van der Waals surface area contributed by atoms with Crippen LogP contribution in [0.4, 0.5) is 10.1 Å². The van der Waals surface area contributed by atoms with Gasteiger partial charge in [0.25, 0.3) is 10.0 Å². The lowest BCUT2D eigenvalue weighted by atomic mass is 10.2. The van der Waals surface area contributed by atoms with E-state index >= 15 is 0 Å². The first-order chi connectivity index (χ1) is 10.9. The van der Waals surface area contributed by atoms with E-state index < -0.39 is 15.8 Å². The van der Waals surface area contributed by atoms with Gasteiger partial charge in [0.1, 0.15) is 10.6 Å². The van der Waals surface area contributed by atoms with Gasteiger partial charge in [-0.05, 0) is 43.7 Å². The second-order valence-corrected chi connectivity index (χ2v) is 6.49. The number of aryl methyl sites for hydroxylation is 1. The highest BCUT2D eigenvalue weighted by Gasteiger charge is 2.20. The molecule has 0 radical (unpaired) electrons. The van der Waals surface area contributed by atoms with Crippen LogP contribution in [0.2, 0.25) is 0 Å². The van der Waals surface area contributed by atoms with Crippen molar-refractivity contribution >= 4 is 15.7 Å². The summed E-state index contributed by atoms with van der Waals surface area (Å²) in [7, 11) is -2.51. The number of rotatable bonds is 6. The van der Waals surface area contributed by atoms with Gasteiger partial charge in [-0.2, -0.15) is 0 Å². The maximum Gasteiger partial charge on any atom is 0.265 e. The normalized spacial score (nSPS) is 11.1. The van der Waals surface area contributed by atoms with Gasteiger partial charge in [-0.1, -0.05) is 6.07 Å². The molecule has 0 bridgehead atoms. The number of benzene rings is 2. The van der Waals surface area contributed by atoms with Gasteiger partial charge in [0.05, 0.1) is 19.4 Å². The predicted molar refractivity (Wildman–Crippen MR) is 86.1 cm³/mol. The lowest BCUT2D eigenvalue weighted by molar-refractivity contribution is 0.321. The lowest BCUT2D eigenvalue weighted by Crippen LogP contribution is -2.14. The third-order valence-electron chi connectivity index (χ3n) is 3.09. The minimum Gasteiger partial charge on any atom is -0.495 e. The topological polar surface area (TPSA) is 64.6 Å². The van der Waals surface area contributed by atoms with E-state index in [-0.39, 0.29) is 22.1 Å². The van der Waals surface area contributed by atoms with Crippen molar-refractivity contribution in [1.29, 1.82) is 0 Å². The van der Waals surface area contributed by atoms with Gasteiger partial charge < -0.3 is 9.47 Å². The van der Waals surface area contributed by atoms with Crippen LogP contribution < -0.4 is 14.2 Å².